The van der Waals surface area contributed by atoms with Crippen LogP contribution in [-0.2, 0) is 0 Å². The summed E-state index contributed by atoms with van der Waals surface area (Å²) in [6.07, 6.45) is 17.0. The third-order valence-electron chi connectivity index (χ3n) is 5.95. The second kappa shape index (κ2) is 7.58. The van der Waals surface area contributed by atoms with E-state index in [2.05, 4.69) is 21.9 Å². The lowest BCUT2D eigenvalue weighted by Gasteiger charge is -2.40. The average molecular weight is 310 g/mol. The normalized spacial score (nSPS) is 26.1. The maximum Gasteiger partial charge on any atom is 0.281 e. The largest absolute Gasteiger partial charge is 0.310 e. The highest BCUT2D eigenvalue weighted by atomic mass is 28.4. The zero-order valence-electron chi connectivity index (χ0n) is 13.9. The Kier molecular flexibility index (Phi) is 5.76. The maximum absolute atomic E-state index is 4.15. The molecule has 0 aromatic heterocycles. The third kappa shape index (κ3) is 4.31. The van der Waals surface area contributed by atoms with Crippen molar-refractivity contribution in [3.8, 4) is 0 Å². The highest BCUT2D eigenvalue weighted by Gasteiger charge is 2.40. The SMILES string of the molecule is CC[Si](NC1CCCC1)(NC1CCCC1)NC1CCCC1. The van der Waals surface area contributed by atoms with Gasteiger partial charge in [-0.05, 0) is 44.6 Å². The lowest BCUT2D eigenvalue weighted by molar-refractivity contribution is 0.522. The predicted molar refractivity (Wildman–Crippen MR) is 92.4 cm³/mol. The smallest absolute Gasteiger partial charge is 0.281 e. The molecule has 3 aliphatic carbocycles. The summed E-state index contributed by atoms with van der Waals surface area (Å²) in [6.45, 7) is 2.40. The number of hydrogen-bond donors (Lipinski definition) is 3. The van der Waals surface area contributed by atoms with Crippen molar-refractivity contribution in [3.05, 3.63) is 0 Å². The Morgan fingerprint density at radius 3 is 1.14 bits per heavy atom. The fourth-order valence-corrected chi connectivity index (χ4v) is 8.51. The van der Waals surface area contributed by atoms with Crippen LogP contribution >= 0.6 is 0 Å². The molecule has 3 N–H and O–H groups in total. The van der Waals surface area contributed by atoms with E-state index in [1.165, 1.54) is 83.1 Å². The molecule has 0 saturated heterocycles. The van der Waals surface area contributed by atoms with Gasteiger partial charge < -0.3 is 14.9 Å². The molecule has 122 valence electrons. The molecule has 0 aromatic carbocycles. The Labute approximate surface area is 132 Å². The zero-order valence-corrected chi connectivity index (χ0v) is 14.9. The molecule has 0 radical (unpaired) electrons. The molecule has 3 aliphatic rings. The Bertz CT molecular complexity index is 260. The molecule has 4 heteroatoms. The van der Waals surface area contributed by atoms with Crippen LogP contribution in [0.3, 0.4) is 0 Å². The fourth-order valence-electron chi connectivity index (χ4n) is 4.69. The van der Waals surface area contributed by atoms with E-state index in [9.17, 15) is 0 Å². The fraction of sp³-hybridized carbons (Fsp3) is 1.00. The van der Waals surface area contributed by atoms with Gasteiger partial charge in [0, 0.05) is 18.1 Å². The van der Waals surface area contributed by atoms with Gasteiger partial charge in [-0.25, -0.2) is 0 Å². The van der Waals surface area contributed by atoms with E-state index in [0.717, 1.165) is 18.1 Å². The summed E-state index contributed by atoms with van der Waals surface area (Å²) in [5, 5.41) is 0. The van der Waals surface area contributed by atoms with Crippen molar-refractivity contribution in [2.45, 2.75) is 108 Å². The van der Waals surface area contributed by atoms with E-state index < -0.39 is 8.56 Å². The molecule has 0 aromatic rings. The zero-order chi connectivity index (χ0) is 14.5. The Morgan fingerprint density at radius 2 is 0.905 bits per heavy atom. The Hall–Kier alpha value is 0.0969. The molecule has 0 heterocycles. The van der Waals surface area contributed by atoms with Crippen molar-refractivity contribution in [1.82, 2.24) is 14.9 Å². The van der Waals surface area contributed by atoms with Gasteiger partial charge in [-0.3, -0.25) is 0 Å². The second-order valence-electron chi connectivity index (χ2n) is 7.64. The van der Waals surface area contributed by atoms with Crippen LogP contribution in [0, 0.1) is 0 Å². The van der Waals surface area contributed by atoms with Crippen molar-refractivity contribution in [2.75, 3.05) is 0 Å². The molecular formula is C17H35N3Si. The van der Waals surface area contributed by atoms with Gasteiger partial charge in [0.25, 0.3) is 8.56 Å². The van der Waals surface area contributed by atoms with Crippen LogP contribution in [0.15, 0.2) is 0 Å². The van der Waals surface area contributed by atoms with Crippen molar-refractivity contribution in [1.29, 1.82) is 0 Å². The molecule has 0 bridgehead atoms. The minimum absolute atomic E-state index is 0.777. The molecule has 3 rings (SSSR count). The van der Waals surface area contributed by atoms with Crippen LogP contribution < -0.4 is 14.9 Å². The number of nitrogens with one attached hydrogen (secondary N) is 3. The molecule has 3 saturated carbocycles. The van der Waals surface area contributed by atoms with Gasteiger partial charge in [0.1, 0.15) is 0 Å². The van der Waals surface area contributed by atoms with E-state index >= 15 is 0 Å². The van der Waals surface area contributed by atoms with Crippen molar-refractivity contribution < 1.29 is 0 Å². The van der Waals surface area contributed by atoms with Crippen LogP contribution in [0.5, 0.6) is 0 Å². The lowest BCUT2D eigenvalue weighted by Crippen LogP contribution is -2.76. The molecule has 0 spiro atoms. The van der Waals surface area contributed by atoms with Crippen LogP contribution in [0.2, 0.25) is 6.04 Å². The van der Waals surface area contributed by atoms with Crippen molar-refractivity contribution in [2.24, 2.45) is 0 Å². The van der Waals surface area contributed by atoms with E-state index in [-0.39, 0.29) is 0 Å². The average Bonchev–Trinajstić information content (AvgIpc) is 3.21. The van der Waals surface area contributed by atoms with E-state index in [0.29, 0.717) is 0 Å². The summed E-state index contributed by atoms with van der Waals surface area (Å²) in [5.74, 6) is 0. The third-order valence-corrected chi connectivity index (χ3v) is 9.71. The topological polar surface area (TPSA) is 36.1 Å². The number of hydrogen-bond acceptors (Lipinski definition) is 3. The Balaban J connectivity index is 1.65. The van der Waals surface area contributed by atoms with Crippen LogP contribution in [0.25, 0.3) is 0 Å². The molecule has 3 nitrogen and oxygen atoms in total. The monoisotopic (exact) mass is 309 g/mol. The highest BCUT2D eigenvalue weighted by molar-refractivity contribution is 6.72. The van der Waals surface area contributed by atoms with Crippen molar-refractivity contribution in [3.63, 3.8) is 0 Å². The summed E-state index contributed by atoms with van der Waals surface area (Å²) >= 11 is 0. The van der Waals surface area contributed by atoms with Gasteiger partial charge in [0.15, 0.2) is 0 Å². The summed E-state index contributed by atoms with van der Waals surface area (Å²) in [4.78, 5) is 12.4. The van der Waals surface area contributed by atoms with Gasteiger partial charge in [-0.1, -0.05) is 45.4 Å². The van der Waals surface area contributed by atoms with Gasteiger partial charge in [-0.2, -0.15) is 0 Å². The van der Waals surface area contributed by atoms with Crippen LogP contribution in [-0.4, -0.2) is 26.7 Å². The quantitative estimate of drug-likeness (QED) is 0.630. The molecule has 0 aliphatic heterocycles. The van der Waals surface area contributed by atoms with E-state index in [1.54, 1.807) is 0 Å². The molecular weight excluding hydrogens is 274 g/mol. The van der Waals surface area contributed by atoms with Crippen LogP contribution in [0.1, 0.15) is 84.0 Å². The second-order valence-corrected chi connectivity index (χ2v) is 11.0. The van der Waals surface area contributed by atoms with E-state index in [1.807, 2.05) is 0 Å². The first kappa shape index (κ1) is 16.0. The highest BCUT2D eigenvalue weighted by Crippen LogP contribution is 2.25. The first-order valence-electron chi connectivity index (χ1n) is 9.63. The lowest BCUT2D eigenvalue weighted by atomic mass is 10.3. The number of rotatable bonds is 7. The van der Waals surface area contributed by atoms with E-state index in [4.69, 9.17) is 0 Å². The van der Waals surface area contributed by atoms with Gasteiger partial charge in [0.2, 0.25) is 0 Å². The Morgan fingerprint density at radius 1 is 0.619 bits per heavy atom. The molecule has 21 heavy (non-hydrogen) atoms. The van der Waals surface area contributed by atoms with Gasteiger partial charge >= 0.3 is 0 Å². The summed E-state index contributed by atoms with van der Waals surface area (Å²) < 4.78 is 0. The summed E-state index contributed by atoms with van der Waals surface area (Å²) in [6, 6.07) is 3.61. The van der Waals surface area contributed by atoms with Crippen LogP contribution in [0.4, 0.5) is 0 Å². The maximum atomic E-state index is 4.15. The minimum atomic E-state index is -1.71. The summed E-state index contributed by atoms with van der Waals surface area (Å²) in [7, 11) is -1.71. The van der Waals surface area contributed by atoms with Crippen molar-refractivity contribution >= 4 is 8.56 Å². The van der Waals surface area contributed by atoms with Gasteiger partial charge in [0.05, 0.1) is 0 Å². The first-order chi connectivity index (χ1) is 10.3. The molecule has 0 unspecified atom stereocenters. The van der Waals surface area contributed by atoms with Gasteiger partial charge in [-0.15, -0.1) is 0 Å². The summed E-state index contributed by atoms with van der Waals surface area (Å²) in [5.41, 5.74) is 0. The molecule has 3 fully saturated rings. The molecule has 0 amide bonds. The standard InChI is InChI=1S/C17H35N3Si/c1-2-21(18-15-9-3-4-10-15,19-16-11-5-6-12-16)20-17-13-7-8-14-17/h15-20H,2-14H2,1H3. The molecule has 0 atom stereocenters. The predicted octanol–water partition coefficient (Wildman–Crippen LogP) is 3.54. The first-order valence-corrected chi connectivity index (χ1v) is 11.8. The minimum Gasteiger partial charge on any atom is -0.310 e.